The van der Waals surface area contributed by atoms with Crippen molar-refractivity contribution in [3.63, 3.8) is 0 Å². The molecule has 1 heterocycles. The highest BCUT2D eigenvalue weighted by Crippen LogP contribution is 2.43. The molecule has 31 heavy (non-hydrogen) atoms. The zero-order valence-electron chi connectivity index (χ0n) is 18.7. The van der Waals surface area contributed by atoms with Gasteiger partial charge in [-0.05, 0) is 55.7 Å². The van der Waals surface area contributed by atoms with Crippen LogP contribution in [-0.2, 0) is 0 Å². The van der Waals surface area contributed by atoms with Gasteiger partial charge < -0.3 is 24.2 Å². The third-order valence-corrected chi connectivity index (χ3v) is 5.76. The van der Waals surface area contributed by atoms with E-state index in [1.54, 1.807) is 17.0 Å². The first-order chi connectivity index (χ1) is 14.8. The summed E-state index contributed by atoms with van der Waals surface area (Å²) in [6.45, 7) is 6.00. The lowest BCUT2D eigenvalue weighted by atomic mass is 9.99. The van der Waals surface area contributed by atoms with Crippen LogP contribution in [0, 0.1) is 13.8 Å². The van der Waals surface area contributed by atoms with Crippen molar-refractivity contribution < 1.29 is 28.9 Å². The molecule has 3 rings (SSSR count). The van der Waals surface area contributed by atoms with Crippen LogP contribution in [0.2, 0.25) is 0 Å². The van der Waals surface area contributed by atoms with Gasteiger partial charge >= 0.3 is 6.09 Å². The molecule has 166 valence electrons. The minimum absolute atomic E-state index is 0.231. The fourth-order valence-corrected chi connectivity index (χ4v) is 3.96. The number of benzene rings is 2. The van der Waals surface area contributed by atoms with Crippen LogP contribution in [0.3, 0.4) is 0 Å². The highest BCUT2D eigenvalue weighted by atomic mass is 16.5. The summed E-state index contributed by atoms with van der Waals surface area (Å²) in [4.78, 5) is 28.8. The molecule has 1 aliphatic rings. The molecule has 0 aliphatic carbocycles. The minimum atomic E-state index is -1.04. The van der Waals surface area contributed by atoms with Gasteiger partial charge in [0.2, 0.25) is 5.75 Å². The topological polar surface area (TPSA) is 88.5 Å². The normalized spacial score (nSPS) is 15.4. The molecule has 0 bridgehead atoms. The molecular formula is C23H28N2O6. The summed E-state index contributed by atoms with van der Waals surface area (Å²) in [5.74, 6) is 0.744. The highest BCUT2D eigenvalue weighted by Gasteiger charge is 2.38. The second kappa shape index (κ2) is 8.75. The predicted molar refractivity (Wildman–Crippen MR) is 118 cm³/mol. The Bertz CT molecular complexity index is 1020. The third-order valence-electron chi connectivity index (χ3n) is 5.76. The zero-order valence-corrected chi connectivity index (χ0v) is 18.7. The van der Waals surface area contributed by atoms with E-state index in [-0.39, 0.29) is 24.2 Å². The summed E-state index contributed by atoms with van der Waals surface area (Å²) in [7, 11) is 4.46. The number of carbonyl (C=O) groups is 2. The van der Waals surface area contributed by atoms with Crippen molar-refractivity contribution in [3.8, 4) is 17.2 Å². The number of aryl methyl sites for hydroxylation is 2. The van der Waals surface area contributed by atoms with Gasteiger partial charge in [0.1, 0.15) is 0 Å². The quantitative estimate of drug-likeness (QED) is 0.766. The number of amides is 2. The number of hydrogen-bond donors (Lipinski definition) is 1. The molecule has 1 atom stereocenters. The number of anilines is 2. The molecule has 2 aromatic carbocycles. The molecular weight excluding hydrogens is 400 g/mol. The first kappa shape index (κ1) is 22.3. The van der Waals surface area contributed by atoms with Gasteiger partial charge in [-0.1, -0.05) is 6.92 Å². The average molecular weight is 428 g/mol. The molecule has 0 spiro atoms. The lowest BCUT2D eigenvalue weighted by Crippen LogP contribution is -2.52. The number of ether oxygens (including phenoxy) is 3. The van der Waals surface area contributed by atoms with Crippen molar-refractivity contribution in [2.75, 3.05) is 37.7 Å². The van der Waals surface area contributed by atoms with Crippen LogP contribution < -0.4 is 24.0 Å². The van der Waals surface area contributed by atoms with Crippen molar-refractivity contribution in [2.45, 2.75) is 33.2 Å². The second-order valence-corrected chi connectivity index (χ2v) is 7.44. The van der Waals surface area contributed by atoms with Crippen LogP contribution >= 0.6 is 0 Å². The highest BCUT2D eigenvalue weighted by molar-refractivity contribution is 6.12. The number of fused-ring (bicyclic) bond motifs is 1. The van der Waals surface area contributed by atoms with Gasteiger partial charge in [-0.2, -0.15) is 0 Å². The van der Waals surface area contributed by atoms with Gasteiger partial charge in [-0.15, -0.1) is 0 Å². The Kier molecular flexibility index (Phi) is 6.29. The third kappa shape index (κ3) is 3.73. The van der Waals surface area contributed by atoms with Crippen LogP contribution in [0.25, 0.3) is 0 Å². The Labute approximate surface area is 181 Å². The molecule has 2 aromatic rings. The van der Waals surface area contributed by atoms with Crippen molar-refractivity contribution in [3.05, 3.63) is 41.0 Å². The van der Waals surface area contributed by atoms with E-state index in [0.717, 1.165) is 11.1 Å². The van der Waals surface area contributed by atoms with Crippen LogP contribution in [0.15, 0.2) is 24.3 Å². The maximum absolute atomic E-state index is 13.7. The van der Waals surface area contributed by atoms with E-state index in [4.69, 9.17) is 14.2 Å². The molecule has 2 amide bonds. The van der Waals surface area contributed by atoms with Crippen LogP contribution in [0.1, 0.15) is 34.8 Å². The molecule has 1 unspecified atom stereocenters. The number of carboxylic acid groups (broad SMARTS) is 1. The van der Waals surface area contributed by atoms with Crippen LogP contribution in [0.5, 0.6) is 17.2 Å². The van der Waals surface area contributed by atoms with E-state index < -0.39 is 6.09 Å². The van der Waals surface area contributed by atoms with Gasteiger partial charge in [0, 0.05) is 6.54 Å². The van der Waals surface area contributed by atoms with Gasteiger partial charge in [0.05, 0.1) is 44.3 Å². The summed E-state index contributed by atoms with van der Waals surface area (Å²) in [5.41, 5.74) is 3.29. The first-order valence-electron chi connectivity index (χ1n) is 10.0. The summed E-state index contributed by atoms with van der Waals surface area (Å²) in [5, 5.41) is 9.87. The number of carbonyl (C=O) groups excluding carboxylic acids is 1. The van der Waals surface area contributed by atoms with Crippen molar-refractivity contribution in [1.29, 1.82) is 0 Å². The molecule has 8 heteroatoms. The number of methoxy groups -OCH3 is 3. The second-order valence-electron chi connectivity index (χ2n) is 7.44. The maximum Gasteiger partial charge on any atom is 0.412 e. The molecule has 1 aliphatic heterocycles. The van der Waals surface area contributed by atoms with E-state index in [9.17, 15) is 14.7 Å². The number of rotatable bonds is 5. The Morgan fingerprint density at radius 2 is 1.61 bits per heavy atom. The number of nitrogens with zero attached hydrogens (tertiary/aromatic N) is 2. The maximum atomic E-state index is 13.7. The smallest absolute Gasteiger partial charge is 0.412 e. The Balaban J connectivity index is 2.19. The average Bonchev–Trinajstić information content (AvgIpc) is 2.76. The van der Waals surface area contributed by atoms with E-state index in [0.29, 0.717) is 34.9 Å². The molecule has 0 fully saturated rings. The lowest BCUT2D eigenvalue weighted by Gasteiger charge is -2.41. The SMILES string of the molecule is CCC1CN(C(=O)c2ccc(OC)c(OC)c2OC)c2cc(C)c(C)cc2N1C(=O)O. The largest absolute Gasteiger partial charge is 0.493 e. The molecule has 8 nitrogen and oxygen atoms in total. The Morgan fingerprint density at radius 3 is 2.13 bits per heavy atom. The lowest BCUT2D eigenvalue weighted by molar-refractivity contribution is 0.0979. The van der Waals surface area contributed by atoms with E-state index in [2.05, 4.69) is 0 Å². The van der Waals surface area contributed by atoms with Gasteiger partial charge in [-0.25, -0.2) is 4.79 Å². The van der Waals surface area contributed by atoms with E-state index >= 15 is 0 Å². The van der Waals surface area contributed by atoms with E-state index in [1.807, 2.05) is 32.9 Å². The molecule has 0 aromatic heterocycles. The molecule has 1 N–H and O–H groups in total. The van der Waals surface area contributed by atoms with Crippen molar-refractivity contribution >= 4 is 23.4 Å². The summed E-state index contributed by atoms with van der Waals surface area (Å²) in [6, 6.07) is 6.60. The minimum Gasteiger partial charge on any atom is -0.493 e. The van der Waals surface area contributed by atoms with Crippen molar-refractivity contribution in [2.24, 2.45) is 0 Å². The summed E-state index contributed by atoms with van der Waals surface area (Å²) >= 11 is 0. The van der Waals surface area contributed by atoms with Gasteiger partial charge in [0.25, 0.3) is 5.91 Å². The Morgan fingerprint density at radius 1 is 1.00 bits per heavy atom. The fraction of sp³-hybridized carbons (Fsp3) is 0.391. The first-order valence-corrected chi connectivity index (χ1v) is 10.0. The van der Waals surface area contributed by atoms with Crippen LogP contribution in [0.4, 0.5) is 16.2 Å². The van der Waals surface area contributed by atoms with E-state index in [1.165, 1.54) is 26.2 Å². The van der Waals surface area contributed by atoms with Gasteiger partial charge in [0.15, 0.2) is 11.5 Å². The monoisotopic (exact) mass is 428 g/mol. The van der Waals surface area contributed by atoms with Crippen LogP contribution in [-0.4, -0.2) is 51.0 Å². The Hall–Kier alpha value is -3.42. The standard InChI is InChI=1S/C23H28N2O6/c1-7-15-12-24(17-10-13(2)14(3)11-18(17)25(15)23(27)28)22(26)16-8-9-19(29-4)21(31-6)20(16)30-5/h8-11,15H,7,12H2,1-6H3,(H,27,28). The number of hydrogen-bond acceptors (Lipinski definition) is 5. The molecule has 0 radical (unpaired) electrons. The van der Waals surface area contributed by atoms with Crippen molar-refractivity contribution in [1.82, 2.24) is 0 Å². The summed E-state index contributed by atoms with van der Waals surface area (Å²) in [6.07, 6.45) is -0.474. The zero-order chi connectivity index (χ0) is 22.9. The predicted octanol–water partition coefficient (Wildman–Crippen LogP) is 4.25. The molecule has 0 saturated carbocycles. The summed E-state index contributed by atoms with van der Waals surface area (Å²) < 4.78 is 16.3. The van der Waals surface area contributed by atoms with Gasteiger partial charge in [-0.3, -0.25) is 9.69 Å². The fourth-order valence-electron chi connectivity index (χ4n) is 3.96. The molecule has 0 saturated heterocycles.